The van der Waals surface area contributed by atoms with Crippen molar-refractivity contribution in [1.29, 1.82) is 0 Å². The van der Waals surface area contributed by atoms with Crippen LogP contribution >= 0.6 is 11.6 Å². The Labute approximate surface area is 81.5 Å². The minimum atomic E-state index is -0.463. The van der Waals surface area contributed by atoms with Gasteiger partial charge in [-0.3, -0.25) is 9.59 Å². The van der Waals surface area contributed by atoms with Crippen molar-refractivity contribution in [2.24, 2.45) is 0 Å². The molecule has 0 unspecified atom stereocenters. The molecule has 0 rings (SSSR count). The van der Waals surface area contributed by atoms with E-state index in [4.69, 9.17) is 16.3 Å². The van der Waals surface area contributed by atoms with Crippen molar-refractivity contribution in [3.63, 3.8) is 0 Å². The van der Waals surface area contributed by atoms with Crippen molar-refractivity contribution in [3.8, 4) is 0 Å². The molecule has 5 heteroatoms. The van der Waals surface area contributed by atoms with E-state index in [1.165, 1.54) is 20.3 Å². The van der Waals surface area contributed by atoms with Crippen LogP contribution in [0.3, 0.4) is 0 Å². The monoisotopic (exact) mass is 206 g/mol. The van der Waals surface area contributed by atoms with Crippen LogP contribution in [0.15, 0.2) is 11.8 Å². The second-order valence-electron chi connectivity index (χ2n) is 2.17. The van der Waals surface area contributed by atoms with E-state index in [2.05, 4.69) is 4.74 Å². The molecular formula is C8H11ClO4. The lowest BCUT2D eigenvalue weighted by Crippen LogP contribution is -2.05. The van der Waals surface area contributed by atoms with Crippen molar-refractivity contribution in [1.82, 2.24) is 0 Å². The first-order chi connectivity index (χ1) is 6.13. The molecule has 0 atom stereocenters. The highest BCUT2D eigenvalue weighted by atomic mass is 35.5. The van der Waals surface area contributed by atoms with Crippen LogP contribution in [0.2, 0.25) is 0 Å². The van der Waals surface area contributed by atoms with Crippen molar-refractivity contribution in [3.05, 3.63) is 11.8 Å². The van der Waals surface area contributed by atoms with Gasteiger partial charge in [-0.1, -0.05) is 0 Å². The third kappa shape index (κ3) is 5.25. The molecule has 0 N–H and O–H groups in total. The average molecular weight is 207 g/mol. The van der Waals surface area contributed by atoms with Crippen molar-refractivity contribution >= 4 is 23.4 Å². The van der Waals surface area contributed by atoms with E-state index in [1.807, 2.05) is 0 Å². The summed E-state index contributed by atoms with van der Waals surface area (Å²) >= 11 is 5.26. The highest BCUT2D eigenvalue weighted by Crippen LogP contribution is 2.03. The van der Waals surface area contributed by atoms with E-state index in [0.29, 0.717) is 0 Å². The Kier molecular flexibility index (Phi) is 5.97. The molecule has 0 aliphatic heterocycles. The molecule has 0 spiro atoms. The zero-order chi connectivity index (χ0) is 10.3. The smallest absolute Gasteiger partial charge is 0.313 e. The Morgan fingerprint density at radius 1 is 1.31 bits per heavy atom. The second-order valence-corrected chi connectivity index (χ2v) is 2.43. The van der Waals surface area contributed by atoms with E-state index in [1.54, 1.807) is 0 Å². The minimum Gasteiger partial charge on any atom is -0.500 e. The van der Waals surface area contributed by atoms with Crippen LogP contribution in [0.4, 0.5) is 0 Å². The molecular weight excluding hydrogens is 196 g/mol. The van der Waals surface area contributed by atoms with Gasteiger partial charge in [-0.15, -0.1) is 11.6 Å². The van der Waals surface area contributed by atoms with Crippen LogP contribution in [0.25, 0.3) is 0 Å². The van der Waals surface area contributed by atoms with Crippen LogP contribution in [-0.4, -0.2) is 31.9 Å². The molecule has 0 bridgehead atoms. The molecule has 0 radical (unpaired) electrons. The summed E-state index contributed by atoms with van der Waals surface area (Å²) in [5, 5.41) is 0. The molecule has 0 fully saturated rings. The first-order valence-corrected chi connectivity index (χ1v) is 4.07. The number of hydrogen-bond donors (Lipinski definition) is 0. The maximum Gasteiger partial charge on any atom is 0.313 e. The summed E-state index contributed by atoms with van der Waals surface area (Å²) in [5.41, 5.74) is 0. The summed E-state index contributed by atoms with van der Waals surface area (Å²) in [7, 11) is 2.63. The SMILES string of the molecule is COC(=O)C/C(=C/C(=O)CCl)OC. The maximum absolute atomic E-state index is 10.8. The Morgan fingerprint density at radius 2 is 1.92 bits per heavy atom. The van der Waals surface area contributed by atoms with E-state index in [9.17, 15) is 9.59 Å². The van der Waals surface area contributed by atoms with Gasteiger partial charge in [0.2, 0.25) is 0 Å². The standard InChI is InChI=1S/C8H11ClO4/c1-12-7(3-6(10)5-9)4-8(11)13-2/h3H,4-5H2,1-2H3/b7-3-. The van der Waals surface area contributed by atoms with E-state index >= 15 is 0 Å². The van der Waals surface area contributed by atoms with E-state index in [0.717, 1.165) is 0 Å². The summed E-state index contributed by atoms with van der Waals surface area (Å²) in [6.45, 7) is 0. The number of carbonyl (C=O) groups is 2. The van der Waals surface area contributed by atoms with Gasteiger partial charge in [-0.2, -0.15) is 0 Å². The lowest BCUT2D eigenvalue weighted by molar-refractivity contribution is -0.140. The molecule has 0 aliphatic carbocycles. The van der Waals surface area contributed by atoms with E-state index < -0.39 is 5.97 Å². The number of hydrogen-bond acceptors (Lipinski definition) is 4. The highest BCUT2D eigenvalue weighted by molar-refractivity contribution is 6.29. The summed E-state index contributed by atoms with van der Waals surface area (Å²) in [5.74, 6) is -0.649. The lowest BCUT2D eigenvalue weighted by Gasteiger charge is -2.03. The largest absolute Gasteiger partial charge is 0.500 e. The van der Waals surface area contributed by atoms with Crippen molar-refractivity contribution in [2.75, 3.05) is 20.1 Å². The van der Waals surface area contributed by atoms with Gasteiger partial charge in [-0.25, -0.2) is 0 Å². The number of ketones is 1. The van der Waals surface area contributed by atoms with Crippen LogP contribution in [0, 0.1) is 0 Å². The van der Waals surface area contributed by atoms with Crippen LogP contribution in [-0.2, 0) is 19.1 Å². The molecule has 4 nitrogen and oxygen atoms in total. The Bertz CT molecular complexity index is 222. The zero-order valence-electron chi connectivity index (χ0n) is 7.50. The molecule has 0 aromatic heterocycles. The van der Waals surface area contributed by atoms with Gasteiger partial charge in [0.05, 0.1) is 20.1 Å². The number of rotatable bonds is 5. The number of esters is 1. The molecule has 74 valence electrons. The normalized spacial score (nSPS) is 10.8. The van der Waals surface area contributed by atoms with Gasteiger partial charge in [0, 0.05) is 6.08 Å². The first-order valence-electron chi connectivity index (χ1n) is 3.54. The maximum atomic E-state index is 10.8. The van der Waals surface area contributed by atoms with Crippen molar-refractivity contribution in [2.45, 2.75) is 6.42 Å². The molecule has 0 aliphatic rings. The quantitative estimate of drug-likeness (QED) is 0.290. The molecule has 0 saturated heterocycles. The predicted octanol–water partition coefficient (Wildman–Crippen LogP) is 0.888. The van der Waals surface area contributed by atoms with Gasteiger partial charge in [-0.05, 0) is 0 Å². The first kappa shape index (κ1) is 12.0. The van der Waals surface area contributed by atoms with Crippen molar-refractivity contribution < 1.29 is 19.1 Å². The number of allylic oxidation sites excluding steroid dienone is 1. The third-order valence-electron chi connectivity index (χ3n) is 1.26. The Balaban J connectivity index is 4.25. The fourth-order valence-electron chi connectivity index (χ4n) is 0.615. The number of alkyl halides is 1. The predicted molar refractivity (Wildman–Crippen MR) is 47.5 cm³/mol. The average Bonchev–Trinajstić information content (AvgIpc) is 2.16. The molecule has 0 heterocycles. The van der Waals surface area contributed by atoms with E-state index in [-0.39, 0.29) is 23.8 Å². The summed E-state index contributed by atoms with van der Waals surface area (Å²) in [6, 6.07) is 0. The van der Waals surface area contributed by atoms with Crippen LogP contribution < -0.4 is 0 Å². The fraction of sp³-hybridized carbons (Fsp3) is 0.500. The number of ether oxygens (including phenoxy) is 2. The minimum absolute atomic E-state index is 0.0599. The van der Waals surface area contributed by atoms with Gasteiger partial charge < -0.3 is 9.47 Å². The zero-order valence-corrected chi connectivity index (χ0v) is 8.26. The van der Waals surface area contributed by atoms with Gasteiger partial charge >= 0.3 is 5.97 Å². The fourth-order valence-corrected chi connectivity index (χ4v) is 0.692. The van der Waals surface area contributed by atoms with Crippen LogP contribution in [0.1, 0.15) is 6.42 Å². The van der Waals surface area contributed by atoms with Gasteiger partial charge in [0.15, 0.2) is 5.78 Å². The Morgan fingerprint density at radius 3 is 2.31 bits per heavy atom. The number of halogens is 1. The second kappa shape index (κ2) is 6.48. The number of carbonyl (C=O) groups excluding carboxylic acids is 2. The summed E-state index contributed by atoms with van der Waals surface area (Å²) in [4.78, 5) is 21.6. The van der Waals surface area contributed by atoms with Gasteiger partial charge in [0.25, 0.3) is 0 Å². The third-order valence-corrected chi connectivity index (χ3v) is 1.53. The summed E-state index contributed by atoms with van der Waals surface area (Å²) < 4.78 is 9.17. The molecule has 0 aromatic carbocycles. The Hall–Kier alpha value is -1.03. The highest BCUT2D eigenvalue weighted by Gasteiger charge is 2.07. The molecule has 0 aromatic rings. The van der Waals surface area contributed by atoms with Crippen LogP contribution in [0.5, 0.6) is 0 Å². The lowest BCUT2D eigenvalue weighted by atomic mass is 10.3. The van der Waals surface area contributed by atoms with Gasteiger partial charge in [0.1, 0.15) is 12.2 Å². The summed E-state index contributed by atoms with van der Waals surface area (Å²) in [6.07, 6.45) is 1.12. The topological polar surface area (TPSA) is 52.6 Å². The molecule has 13 heavy (non-hydrogen) atoms. The molecule has 0 amide bonds. The molecule has 0 saturated carbocycles. The number of methoxy groups -OCH3 is 2.